The molecule has 0 spiro atoms. The molecule has 2 N–H and O–H groups in total. The van der Waals surface area contributed by atoms with Crippen molar-refractivity contribution >= 4 is 11.6 Å². The Labute approximate surface area is 113 Å². The topological polar surface area (TPSA) is 67.9 Å². The Balaban J connectivity index is 2.22. The first kappa shape index (κ1) is 13.3. The van der Waals surface area contributed by atoms with Crippen molar-refractivity contribution in [3.05, 3.63) is 41.2 Å². The van der Waals surface area contributed by atoms with Crippen LogP contribution in [0.25, 0.3) is 0 Å². The Bertz CT molecular complexity index is 568. The number of anilines is 2. The monoisotopic (exact) mass is 257 g/mol. The van der Waals surface area contributed by atoms with Gasteiger partial charge in [0.05, 0.1) is 11.4 Å². The lowest BCUT2D eigenvalue weighted by Gasteiger charge is -2.20. The molecule has 0 amide bonds. The van der Waals surface area contributed by atoms with Crippen LogP contribution in [0, 0.1) is 13.8 Å². The highest BCUT2D eigenvalue weighted by molar-refractivity contribution is 5.42. The van der Waals surface area contributed by atoms with E-state index in [1.165, 1.54) is 0 Å². The van der Waals surface area contributed by atoms with E-state index in [0.29, 0.717) is 5.95 Å². The van der Waals surface area contributed by atoms with Crippen LogP contribution >= 0.6 is 0 Å². The van der Waals surface area contributed by atoms with Gasteiger partial charge in [0.25, 0.3) is 0 Å². The quantitative estimate of drug-likeness (QED) is 0.849. The SMILES string of the molecule is CCN(Cc1cccc(N)c1)c1nnc(C)c(C)n1. The first-order chi connectivity index (χ1) is 9.10. The summed E-state index contributed by atoms with van der Waals surface area (Å²) >= 11 is 0. The fourth-order valence-electron chi connectivity index (χ4n) is 1.82. The first-order valence-corrected chi connectivity index (χ1v) is 6.37. The number of nitrogens with zero attached hydrogens (tertiary/aromatic N) is 4. The third-order valence-corrected chi connectivity index (χ3v) is 3.07. The number of nitrogen functional groups attached to an aromatic ring is 1. The molecule has 0 aliphatic rings. The van der Waals surface area contributed by atoms with Crippen LogP contribution in [0.5, 0.6) is 0 Å². The van der Waals surface area contributed by atoms with E-state index in [2.05, 4.69) is 27.0 Å². The average Bonchev–Trinajstić information content (AvgIpc) is 2.39. The van der Waals surface area contributed by atoms with Crippen LogP contribution in [-0.4, -0.2) is 21.7 Å². The molecule has 0 atom stereocenters. The summed E-state index contributed by atoms with van der Waals surface area (Å²) < 4.78 is 0. The van der Waals surface area contributed by atoms with Crippen LogP contribution < -0.4 is 10.6 Å². The lowest BCUT2D eigenvalue weighted by atomic mass is 10.2. The zero-order valence-electron chi connectivity index (χ0n) is 11.6. The van der Waals surface area contributed by atoms with E-state index >= 15 is 0 Å². The number of benzene rings is 1. The predicted octanol–water partition coefficient (Wildman–Crippen LogP) is 2.10. The van der Waals surface area contributed by atoms with Gasteiger partial charge in [0.1, 0.15) is 0 Å². The van der Waals surface area contributed by atoms with Crippen molar-refractivity contribution < 1.29 is 0 Å². The highest BCUT2D eigenvalue weighted by Gasteiger charge is 2.10. The number of hydrogen-bond donors (Lipinski definition) is 1. The van der Waals surface area contributed by atoms with Gasteiger partial charge in [-0.05, 0) is 38.5 Å². The molecule has 1 aromatic carbocycles. The van der Waals surface area contributed by atoms with Crippen molar-refractivity contribution in [1.82, 2.24) is 15.2 Å². The van der Waals surface area contributed by atoms with Gasteiger partial charge in [0.15, 0.2) is 0 Å². The maximum atomic E-state index is 5.80. The lowest BCUT2D eigenvalue weighted by molar-refractivity contribution is 0.755. The molecule has 5 nitrogen and oxygen atoms in total. The predicted molar refractivity (Wildman–Crippen MR) is 76.9 cm³/mol. The van der Waals surface area contributed by atoms with Crippen LogP contribution in [0.2, 0.25) is 0 Å². The van der Waals surface area contributed by atoms with Crippen LogP contribution in [0.3, 0.4) is 0 Å². The average molecular weight is 257 g/mol. The van der Waals surface area contributed by atoms with Gasteiger partial charge in [-0.3, -0.25) is 0 Å². The Morgan fingerprint density at radius 1 is 1.16 bits per heavy atom. The van der Waals surface area contributed by atoms with E-state index in [1.807, 2.05) is 38.1 Å². The lowest BCUT2D eigenvalue weighted by Crippen LogP contribution is -2.25. The molecular weight excluding hydrogens is 238 g/mol. The van der Waals surface area contributed by atoms with E-state index in [-0.39, 0.29) is 0 Å². The number of nitrogens with two attached hydrogens (primary N) is 1. The standard InChI is InChI=1S/C14H19N5/c1-4-19(9-12-6-5-7-13(15)8-12)14-16-10(2)11(3)17-18-14/h5-8H,4,9,15H2,1-3H3. The third kappa shape index (κ3) is 3.19. The van der Waals surface area contributed by atoms with E-state index in [1.54, 1.807) is 0 Å². The second-order valence-electron chi connectivity index (χ2n) is 4.54. The minimum atomic E-state index is 0.660. The van der Waals surface area contributed by atoms with Gasteiger partial charge in [-0.25, -0.2) is 4.98 Å². The van der Waals surface area contributed by atoms with E-state index in [4.69, 9.17) is 5.73 Å². The smallest absolute Gasteiger partial charge is 0.245 e. The van der Waals surface area contributed by atoms with Crippen LogP contribution in [0.15, 0.2) is 24.3 Å². The highest BCUT2D eigenvalue weighted by Crippen LogP contribution is 2.14. The van der Waals surface area contributed by atoms with E-state index in [0.717, 1.165) is 35.7 Å². The van der Waals surface area contributed by atoms with Crippen molar-refractivity contribution in [2.24, 2.45) is 0 Å². The van der Waals surface area contributed by atoms with Gasteiger partial charge < -0.3 is 10.6 Å². The van der Waals surface area contributed by atoms with Crippen molar-refractivity contribution in [2.45, 2.75) is 27.3 Å². The minimum absolute atomic E-state index is 0.660. The van der Waals surface area contributed by atoms with Gasteiger partial charge in [-0.1, -0.05) is 12.1 Å². The molecule has 0 aliphatic carbocycles. The summed E-state index contributed by atoms with van der Waals surface area (Å²) in [6.45, 7) is 7.48. The summed E-state index contributed by atoms with van der Waals surface area (Å²) in [4.78, 5) is 6.56. The highest BCUT2D eigenvalue weighted by atomic mass is 15.3. The van der Waals surface area contributed by atoms with Crippen LogP contribution in [-0.2, 0) is 6.54 Å². The van der Waals surface area contributed by atoms with Crippen molar-refractivity contribution in [2.75, 3.05) is 17.2 Å². The minimum Gasteiger partial charge on any atom is -0.399 e. The Morgan fingerprint density at radius 3 is 2.58 bits per heavy atom. The molecule has 0 bridgehead atoms. The van der Waals surface area contributed by atoms with Gasteiger partial charge in [0.2, 0.25) is 5.95 Å². The fourth-order valence-corrected chi connectivity index (χ4v) is 1.82. The molecule has 19 heavy (non-hydrogen) atoms. The largest absolute Gasteiger partial charge is 0.399 e. The number of aryl methyl sites for hydroxylation is 2. The molecule has 0 aliphatic heterocycles. The van der Waals surface area contributed by atoms with Crippen LogP contribution in [0.1, 0.15) is 23.9 Å². The Hall–Kier alpha value is -2.17. The van der Waals surface area contributed by atoms with Gasteiger partial charge >= 0.3 is 0 Å². The number of aromatic nitrogens is 3. The molecule has 5 heteroatoms. The summed E-state index contributed by atoms with van der Waals surface area (Å²) in [6.07, 6.45) is 0. The number of rotatable bonds is 4. The zero-order chi connectivity index (χ0) is 13.8. The molecule has 1 heterocycles. The van der Waals surface area contributed by atoms with Crippen molar-refractivity contribution in [3.8, 4) is 0 Å². The first-order valence-electron chi connectivity index (χ1n) is 6.37. The van der Waals surface area contributed by atoms with Gasteiger partial charge in [0, 0.05) is 18.8 Å². The van der Waals surface area contributed by atoms with Gasteiger partial charge in [-0.15, -0.1) is 5.10 Å². The third-order valence-electron chi connectivity index (χ3n) is 3.07. The molecule has 0 saturated heterocycles. The maximum absolute atomic E-state index is 5.80. The molecule has 2 aromatic rings. The molecule has 0 radical (unpaired) electrons. The molecule has 2 rings (SSSR count). The Morgan fingerprint density at radius 2 is 1.95 bits per heavy atom. The summed E-state index contributed by atoms with van der Waals surface area (Å²) in [7, 11) is 0. The molecule has 1 aromatic heterocycles. The number of hydrogen-bond acceptors (Lipinski definition) is 5. The normalized spacial score (nSPS) is 10.5. The van der Waals surface area contributed by atoms with Crippen molar-refractivity contribution in [3.63, 3.8) is 0 Å². The molecule has 0 fully saturated rings. The van der Waals surface area contributed by atoms with E-state index < -0.39 is 0 Å². The molecular formula is C14H19N5. The summed E-state index contributed by atoms with van der Waals surface area (Å²) in [5.74, 6) is 0.660. The second-order valence-corrected chi connectivity index (χ2v) is 4.54. The zero-order valence-corrected chi connectivity index (χ0v) is 11.6. The second kappa shape index (κ2) is 5.65. The summed E-state index contributed by atoms with van der Waals surface area (Å²) in [5, 5.41) is 8.29. The molecule has 100 valence electrons. The fraction of sp³-hybridized carbons (Fsp3) is 0.357. The van der Waals surface area contributed by atoms with Crippen LogP contribution in [0.4, 0.5) is 11.6 Å². The van der Waals surface area contributed by atoms with Gasteiger partial charge in [-0.2, -0.15) is 5.10 Å². The summed E-state index contributed by atoms with van der Waals surface area (Å²) in [6, 6.07) is 7.86. The molecule has 0 saturated carbocycles. The summed E-state index contributed by atoms with van der Waals surface area (Å²) in [5.41, 5.74) is 9.49. The Kier molecular flexibility index (Phi) is 3.94. The van der Waals surface area contributed by atoms with E-state index in [9.17, 15) is 0 Å². The maximum Gasteiger partial charge on any atom is 0.245 e. The molecule has 0 unspecified atom stereocenters. The van der Waals surface area contributed by atoms with Crippen molar-refractivity contribution in [1.29, 1.82) is 0 Å².